The molecular weight excluding hydrogens is 428 g/mol. The topological polar surface area (TPSA) is 32.3 Å². The monoisotopic (exact) mass is 464 g/mol. The van der Waals surface area contributed by atoms with Crippen LogP contribution in [0.15, 0.2) is 84.9 Å². The van der Waals surface area contributed by atoms with Gasteiger partial charge in [0.1, 0.15) is 6.04 Å². The maximum absolute atomic E-state index is 13.3. The third-order valence-electron chi connectivity index (χ3n) is 5.78. The number of carbonyl (C=O) groups excluding carboxylic acids is 1. The van der Waals surface area contributed by atoms with Gasteiger partial charge in [-0.2, -0.15) is 0 Å². The molecule has 3 aromatic rings. The molecule has 0 fully saturated rings. The zero-order chi connectivity index (χ0) is 22.6. The molecule has 0 aliphatic rings. The third kappa shape index (κ3) is 8.34. The molecule has 0 amide bonds. The molecule has 0 bridgehead atoms. The van der Waals surface area contributed by atoms with Crippen molar-refractivity contribution in [1.82, 2.24) is 4.90 Å². The fourth-order valence-electron chi connectivity index (χ4n) is 3.88. The minimum absolute atomic E-state index is 0. The summed E-state index contributed by atoms with van der Waals surface area (Å²) in [5.41, 5.74) is 3.96. The number of halogens is 1. The van der Waals surface area contributed by atoms with Crippen LogP contribution in [0, 0.1) is 0 Å². The highest BCUT2D eigenvalue weighted by Gasteiger charge is 2.21. The van der Waals surface area contributed by atoms with Crippen molar-refractivity contribution in [2.24, 2.45) is 0 Å². The van der Waals surface area contributed by atoms with E-state index in [1.165, 1.54) is 31.2 Å². The maximum atomic E-state index is 13.3. The van der Waals surface area contributed by atoms with Crippen LogP contribution >= 0.6 is 12.4 Å². The quantitative estimate of drug-likeness (QED) is 0.265. The first-order valence-corrected chi connectivity index (χ1v) is 11.9. The summed E-state index contributed by atoms with van der Waals surface area (Å²) in [4.78, 5) is 15.9. The number of anilines is 1. The summed E-state index contributed by atoms with van der Waals surface area (Å²) in [5.74, 6) is 0.0752. The molecule has 33 heavy (non-hydrogen) atoms. The van der Waals surface area contributed by atoms with Crippen LogP contribution in [0.4, 0.5) is 5.69 Å². The number of nitrogens with one attached hydrogen (secondary N) is 1. The number of rotatable bonds is 13. The SMILES string of the molecule is CCCCN(CCCC)Cc1ccc(NC(C(=O)c2ccccc2)c2ccccc2)cc1.Cl. The normalized spacial score (nSPS) is 11.6. The number of Topliss-reactive ketones (excluding diaryl/α,β-unsaturated/α-hetero) is 1. The Hall–Kier alpha value is -2.62. The average Bonchev–Trinajstić information content (AvgIpc) is 2.85. The molecule has 0 spiro atoms. The molecule has 0 aliphatic carbocycles. The molecule has 3 rings (SSSR count). The molecule has 3 aromatic carbocycles. The van der Waals surface area contributed by atoms with Crippen molar-refractivity contribution in [1.29, 1.82) is 0 Å². The van der Waals surface area contributed by atoms with Crippen LogP contribution < -0.4 is 5.32 Å². The number of carbonyl (C=O) groups is 1. The van der Waals surface area contributed by atoms with Gasteiger partial charge in [0, 0.05) is 17.8 Å². The van der Waals surface area contributed by atoms with Crippen LogP contribution in [0.1, 0.15) is 67.1 Å². The summed E-state index contributed by atoms with van der Waals surface area (Å²) < 4.78 is 0. The Morgan fingerprint density at radius 2 is 1.33 bits per heavy atom. The Morgan fingerprint density at radius 3 is 1.88 bits per heavy atom. The number of ketones is 1. The highest BCUT2D eigenvalue weighted by molar-refractivity contribution is 6.02. The van der Waals surface area contributed by atoms with Crippen molar-refractivity contribution in [3.63, 3.8) is 0 Å². The lowest BCUT2D eigenvalue weighted by atomic mass is 9.97. The molecule has 1 unspecified atom stereocenters. The molecular formula is C29H37ClN2O. The Morgan fingerprint density at radius 1 is 0.788 bits per heavy atom. The van der Waals surface area contributed by atoms with E-state index < -0.39 is 6.04 Å². The summed E-state index contributed by atoms with van der Waals surface area (Å²) in [6.07, 6.45) is 4.93. The van der Waals surface area contributed by atoms with E-state index in [0.29, 0.717) is 5.56 Å². The summed E-state index contributed by atoms with van der Waals surface area (Å²) >= 11 is 0. The highest BCUT2D eigenvalue weighted by Crippen LogP contribution is 2.24. The fraction of sp³-hybridized carbons (Fsp3) is 0.345. The summed E-state index contributed by atoms with van der Waals surface area (Å²) in [7, 11) is 0. The van der Waals surface area contributed by atoms with Crippen LogP contribution in [0.3, 0.4) is 0 Å². The lowest BCUT2D eigenvalue weighted by Crippen LogP contribution is -2.25. The Balaban J connectivity index is 0.00000385. The van der Waals surface area contributed by atoms with Gasteiger partial charge in [0.25, 0.3) is 0 Å². The first-order chi connectivity index (χ1) is 15.7. The molecule has 0 saturated heterocycles. The third-order valence-corrected chi connectivity index (χ3v) is 5.78. The average molecular weight is 465 g/mol. The fourth-order valence-corrected chi connectivity index (χ4v) is 3.88. The van der Waals surface area contributed by atoms with Crippen molar-refractivity contribution < 1.29 is 4.79 Å². The standard InChI is InChI=1S/C29H36N2O.ClH/c1-3-5-21-31(22-6-4-2)23-24-17-19-27(20-18-24)30-28(25-13-9-7-10-14-25)29(32)26-15-11-8-12-16-26;/h7-20,28,30H,3-6,21-23H2,1-2H3;1H. The first-order valence-electron chi connectivity index (χ1n) is 11.9. The number of unbranched alkanes of at least 4 members (excludes halogenated alkanes) is 2. The number of benzene rings is 3. The molecule has 0 heterocycles. The zero-order valence-electron chi connectivity index (χ0n) is 19.9. The van der Waals surface area contributed by atoms with Crippen LogP contribution in [-0.2, 0) is 6.54 Å². The molecule has 0 radical (unpaired) electrons. The molecule has 3 nitrogen and oxygen atoms in total. The largest absolute Gasteiger partial charge is 0.371 e. The summed E-state index contributed by atoms with van der Waals surface area (Å²) in [6, 6.07) is 27.6. The van der Waals surface area contributed by atoms with Gasteiger partial charge in [0.2, 0.25) is 0 Å². The number of hydrogen-bond acceptors (Lipinski definition) is 3. The van der Waals surface area contributed by atoms with Crippen molar-refractivity contribution in [2.75, 3.05) is 18.4 Å². The van der Waals surface area contributed by atoms with Gasteiger partial charge in [-0.15, -0.1) is 12.4 Å². The molecule has 0 aliphatic heterocycles. The van der Waals surface area contributed by atoms with Gasteiger partial charge < -0.3 is 5.32 Å². The highest BCUT2D eigenvalue weighted by atomic mass is 35.5. The van der Waals surface area contributed by atoms with Gasteiger partial charge in [-0.25, -0.2) is 0 Å². The van der Waals surface area contributed by atoms with Gasteiger partial charge >= 0.3 is 0 Å². The van der Waals surface area contributed by atoms with E-state index >= 15 is 0 Å². The first kappa shape index (κ1) is 26.6. The van der Waals surface area contributed by atoms with Crippen LogP contribution in [0.2, 0.25) is 0 Å². The van der Waals surface area contributed by atoms with E-state index in [-0.39, 0.29) is 18.2 Å². The predicted octanol–water partition coefficient (Wildman–Crippen LogP) is 7.55. The molecule has 176 valence electrons. The minimum Gasteiger partial charge on any atom is -0.371 e. The molecule has 0 aromatic heterocycles. The number of nitrogens with zero attached hydrogens (tertiary/aromatic N) is 1. The zero-order valence-corrected chi connectivity index (χ0v) is 20.7. The van der Waals surface area contributed by atoms with Crippen LogP contribution in [0.5, 0.6) is 0 Å². The Labute approximate surface area is 205 Å². The van der Waals surface area contributed by atoms with E-state index in [0.717, 1.165) is 30.9 Å². The van der Waals surface area contributed by atoms with E-state index in [1.54, 1.807) is 0 Å². The van der Waals surface area contributed by atoms with E-state index in [2.05, 4.69) is 48.3 Å². The van der Waals surface area contributed by atoms with Crippen molar-refractivity contribution in [3.05, 3.63) is 102 Å². The van der Waals surface area contributed by atoms with Crippen molar-refractivity contribution >= 4 is 23.9 Å². The van der Waals surface area contributed by atoms with Crippen molar-refractivity contribution in [2.45, 2.75) is 52.1 Å². The molecule has 0 saturated carbocycles. The van der Waals surface area contributed by atoms with E-state index in [9.17, 15) is 4.79 Å². The second-order valence-corrected chi connectivity index (χ2v) is 8.40. The van der Waals surface area contributed by atoms with E-state index in [4.69, 9.17) is 0 Å². The maximum Gasteiger partial charge on any atom is 0.189 e. The van der Waals surface area contributed by atoms with Gasteiger partial charge in [0.15, 0.2) is 5.78 Å². The second-order valence-electron chi connectivity index (χ2n) is 8.40. The predicted molar refractivity (Wildman–Crippen MR) is 142 cm³/mol. The molecule has 1 atom stereocenters. The number of hydrogen-bond donors (Lipinski definition) is 1. The van der Waals surface area contributed by atoms with Gasteiger partial charge in [-0.1, -0.05) is 99.5 Å². The summed E-state index contributed by atoms with van der Waals surface area (Å²) in [5, 5.41) is 3.48. The van der Waals surface area contributed by atoms with Crippen LogP contribution in [-0.4, -0.2) is 23.8 Å². The summed E-state index contributed by atoms with van der Waals surface area (Å²) in [6.45, 7) is 7.78. The second kappa shape index (κ2) is 14.5. The lowest BCUT2D eigenvalue weighted by molar-refractivity contribution is 0.0969. The van der Waals surface area contributed by atoms with Gasteiger partial charge in [-0.05, 0) is 49.2 Å². The lowest BCUT2D eigenvalue weighted by Gasteiger charge is -2.23. The van der Waals surface area contributed by atoms with Gasteiger partial charge in [0.05, 0.1) is 0 Å². The van der Waals surface area contributed by atoms with Crippen molar-refractivity contribution in [3.8, 4) is 0 Å². The van der Waals surface area contributed by atoms with Gasteiger partial charge in [-0.3, -0.25) is 9.69 Å². The smallest absolute Gasteiger partial charge is 0.189 e. The van der Waals surface area contributed by atoms with Crippen LogP contribution in [0.25, 0.3) is 0 Å². The van der Waals surface area contributed by atoms with E-state index in [1.807, 2.05) is 60.7 Å². The minimum atomic E-state index is -0.421. The Kier molecular flexibility index (Phi) is 11.7. The molecule has 1 N–H and O–H groups in total. The molecule has 4 heteroatoms. The Bertz CT molecular complexity index is 921.